The fourth-order valence-corrected chi connectivity index (χ4v) is 4.77. The highest BCUT2D eigenvalue weighted by atomic mass is 19.1. The largest absolute Gasteiger partial charge is 0.481 e. The van der Waals surface area contributed by atoms with Gasteiger partial charge in [-0.3, -0.25) is 14.5 Å². The van der Waals surface area contributed by atoms with Crippen LogP contribution in [0.4, 0.5) is 15.8 Å². The van der Waals surface area contributed by atoms with E-state index in [4.69, 9.17) is 5.11 Å². The fourth-order valence-electron chi connectivity index (χ4n) is 4.77. The molecule has 0 radical (unpaired) electrons. The van der Waals surface area contributed by atoms with Crippen molar-refractivity contribution < 1.29 is 19.1 Å². The van der Waals surface area contributed by atoms with E-state index in [0.717, 1.165) is 49.5 Å². The summed E-state index contributed by atoms with van der Waals surface area (Å²) in [5.74, 6) is -1.62. The van der Waals surface area contributed by atoms with Crippen molar-refractivity contribution in [3.05, 3.63) is 94.8 Å². The van der Waals surface area contributed by atoms with Gasteiger partial charge in [-0.25, -0.2) is 4.39 Å². The van der Waals surface area contributed by atoms with E-state index in [9.17, 15) is 14.0 Å². The molecule has 0 bridgehead atoms. The maximum absolute atomic E-state index is 13.9. The van der Waals surface area contributed by atoms with Crippen LogP contribution in [0.3, 0.4) is 0 Å². The first kappa shape index (κ1) is 24.7. The zero-order valence-corrected chi connectivity index (χ0v) is 20.4. The predicted molar refractivity (Wildman–Crippen MR) is 142 cm³/mol. The molecule has 2 aliphatic rings. The standard InChI is InChI=1S/C29H29FN4O3/c30-22-7-10-24-25(17-22)33-29(37)27(24)28(21-3-1-2-19(16-21)6-11-26(35)36)32-23-8-4-20(5-9-23)18-34-14-12-31-13-15-34/h1-5,7-10,16-17,31-32H,6,11-15,18H2,(H,33,37)(H,35,36)/b28-27-. The molecule has 3 aromatic carbocycles. The van der Waals surface area contributed by atoms with Crippen molar-refractivity contribution in [1.82, 2.24) is 10.2 Å². The lowest BCUT2D eigenvalue weighted by Crippen LogP contribution is -2.42. The summed E-state index contributed by atoms with van der Waals surface area (Å²) in [6.07, 6.45) is 0.389. The Labute approximate surface area is 215 Å². The van der Waals surface area contributed by atoms with Crippen LogP contribution in [0.5, 0.6) is 0 Å². The molecule has 2 aliphatic heterocycles. The van der Waals surface area contributed by atoms with Crippen molar-refractivity contribution in [1.29, 1.82) is 0 Å². The minimum absolute atomic E-state index is 0.0138. The fraction of sp³-hybridized carbons (Fsp3) is 0.241. The van der Waals surface area contributed by atoms with Gasteiger partial charge in [0.05, 0.1) is 17.0 Å². The molecule has 7 nitrogen and oxygen atoms in total. The number of aliphatic carboxylic acids is 1. The second kappa shape index (κ2) is 10.9. The number of carbonyl (C=O) groups excluding carboxylic acids is 1. The van der Waals surface area contributed by atoms with Crippen molar-refractivity contribution in [2.24, 2.45) is 0 Å². The van der Waals surface area contributed by atoms with E-state index in [0.29, 0.717) is 28.9 Å². The summed E-state index contributed by atoms with van der Waals surface area (Å²) in [6.45, 7) is 4.90. The molecule has 1 saturated heterocycles. The van der Waals surface area contributed by atoms with Crippen LogP contribution in [-0.2, 0) is 22.6 Å². The first-order valence-corrected chi connectivity index (χ1v) is 12.4. The minimum atomic E-state index is -0.867. The monoisotopic (exact) mass is 500 g/mol. The number of anilines is 2. The third-order valence-electron chi connectivity index (χ3n) is 6.66. The Morgan fingerprint density at radius 3 is 2.54 bits per heavy atom. The summed E-state index contributed by atoms with van der Waals surface area (Å²) in [5, 5.41) is 18.7. The molecule has 0 spiro atoms. The van der Waals surface area contributed by atoms with E-state index < -0.39 is 11.8 Å². The number of fused-ring (bicyclic) bond motifs is 1. The number of hydrogen-bond acceptors (Lipinski definition) is 5. The molecule has 190 valence electrons. The number of benzene rings is 3. The Balaban J connectivity index is 1.49. The van der Waals surface area contributed by atoms with E-state index >= 15 is 0 Å². The number of rotatable bonds is 8. The van der Waals surface area contributed by atoms with E-state index in [1.807, 2.05) is 36.4 Å². The van der Waals surface area contributed by atoms with Crippen LogP contribution in [0.15, 0.2) is 66.7 Å². The van der Waals surface area contributed by atoms with E-state index in [-0.39, 0.29) is 12.3 Å². The summed E-state index contributed by atoms with van der Waals surface area (Å²) in [4.78, 5) is 26.6. The Morgan fingerprint density at radius 2 is 1.78 bits per heavy atom. The maximum atomic E-state index is 13.9. The van der Waals surface area contributed by atoms with Crippen LogP contribution in [0.25, 0.3) is 11.3 Å². The third kappa shape index (κ3) is 5.87. The van der Waals surface area contributed by atoms with Gasteiger partial charge in [0.1, 0.15) is 5.82 Å². The molecule has 8 heteroatoms. The maximum Gasteiger partial charge on any atom is 0.303 e. The van der Waals surface area contributed by atoms with Gasteiger partial charge in [0.2, 0.25) is 0 Å². The zero-order chi connectivity index (χ0) is 25.8. The number of piperazine rings is 1. The molecule has 5 rings (SSSR count). The number of aryl methyl sites for hydroxylation is 1. The van der Waals surface area contributed by atoms with Gasteiger partial charge in [-0.2, -0.15) is 0 Å². The lowest BCUT2D eigenvalue weighted by Gasteiger charge is -2.27. The molecule has 1 fully saturated rings. The molecule has 0 atom stereocenters. The zero-order valence-electron chi connectivity index (χ0n) is 20.4. The van der Waals surface area contributed by atoms with Gasteiger partial charge in [-0.15, -0.1) is 0 Å². The molecule has 0 aromatic heterocycles. The van der Waals surface area contributed by atoms with Crippen LogP contribution < -0.4 is 16.0 Å². The summed E-state index contributed by atoms with van der Waals surface area (Å²) >= 11 is 0. The van der Waals surface area contributed by atoms with Crippen molar-refractivity contribution in [3.63, 3.8) is 0 Å². The second-order valence-corrected chi connectivity index (χ2v) is 9.34. The highest BCUT2D eigenvalue weighted by Crippen LogP contribution is 2.38. The van der Waals surface area contributed by atoms with Crippen LogP contribution in [0.1, 0.15) is 28.7 Å². The van der Waals surface area contributed by atoms with Gasteiger partial charge in [0.15, 0.2) is 0 Å². The van der Waals surface area contributed by atoms with E-state index in [2.05, 4.69) is 33.0 Å². The van der Waals surface area contributed by atoms with Crippen molar-refractivity contribution >= 4 is 34.5 Å². The lowest BCUT2D eigenvalue weighted by molar-refractivity contribution is -0.137. The first-order valence-electron chi connectivity index (χ1n) is 12.4. The normalized spacial score (nSPS) is 16.7. The van der Waals surface area contributed by atoms with Crippen molar-refractivity contribution in [3.8, 4) is 0 Å². The van der Waals surface area contributed by atoms with Crippen LogP contribution in [0.2, 0.25) is 0 Å². The molecule has 4 N–H and O–H groups in total. The number of amides is 1. The predicted octanol–water partition coefficient (Wildman–Crippen LogP) is 4.18. The average Bonchev–Trinajstić information content (AvgIpc) is 3.22. The molecule has 37 heavy (non-hydrogen) atoms. The summed E-state index contributed by atoms with van der Waals surface area (Å²) in [6, 6.07) is 19.9. The SMILES string of the molecule is O=C(O)CCc1cccc(/C(Nc2ccc(CN3CCNCC3)cc2)=C2/C(=O)Nc3cc(F)ccc32)c1. The van der Waals surface area contributed by atoms with Crippen LogP contribution >= 0.6 is 0 Å². The molecule has 0 aliphatic carbocycles. The van der Waals surface area contributed by atoms with E-state index in [1.54, 1.807) is 6.07 Å². The van der Waals surface area contributed by atoms with Gasteiger partial charge in [0.25, 0.3) is 5.91 Å². The van der Waals surface area contributed by atoms with Gasteiger partial charge < -0.3 is 21.1 Å². The highest BCUT2D eigenvalue weighted by Gasteiger charge is 2.29. The molecule has 0 unspecified atom stereocenters. The van der Waals surface area contributed by atoms with Crippen LogP contribution in [0, 0.1) is 5.82 Å². The molecular weight excluding hydrogens is 471 g/mol. The molecule has 1 amide bonds. The van der Waals surface area contributed by atoms with Gasteiger partial charge in [-0.1, -0.05) is 30.3 Å². The molecule has 2 heterocycles. The number of nitrogens with zero attached hydrogens (tertiary/aromatic N) is 1. The molecule has 0 saturated carbocycles. The van der Waals surface area contributed by atoms with Crippen molar-refractivity contribution in [2.45, 2.75) is 19.4 Å². The Kier molecular flexibility index (Phi) is 7.30. The summed E-state index contributed by atoms with van der Waals surface area (Å²) in [5.41, 5.74) is 5.64. The average molecular weight is 501 g/mol. The van der Waals surface area contributed by atoms with Gasteiger partial charge >= 0.3 is 5.97 Å². The Bertz CT molecular complexity index is 1350. The Hall–Kier alpha value is -4.01. The summed E-state index contributed by atoms with van der Waals surface area (Å²) < 4.78 is 13.9. The topological polar surface area (TPSA) is 93.7 Å². The van der Waals surface area contributed by atoms with E-state index in [1.165, 1.54) is 17.7 Å². The number of halogens is 1. The number of nitrogens with one attached hydrogen (secondary N) is 3. The molecular formula is C29H29FN4O3. The van der Waals surface area contributed by atoms with Crippen molar-refractivity contribution in [2.75, 3.05) is 36.8 Å². The van der Waals surface area contributed by atoms with Crippen LogP contribution in [-0.4, -0.2) is 48.1 Å². The smallest absolute Gasteiger partial charge is 0.303 e. The quantitative estimate of drug-likeness (QED) is 0.347. The number of carboxylic acid groups (broad SMARTS) is 1. The second-order valence-electron chi connectivity index (χ2n) is 9.34. The molecule has 3 aromatic rings. The van der Waals surface area contributed by atoms with Gasteiger partial charge in [0, 0.05) is 50.4 Å². The lowest BCUT2D eigenvalue weighted by atomic mass is 9.97. The minimum Gasteiger partial charge on any atom is -0.481 e. The Morgan fingerprint density at radius 1 is 1.00 bits per heavy atom. The number of hydrogen-bond donors (Lipinski definition) is 4. The third-order valence-corrected chi connectivity index (χ3v) is 6.66. The summed E-state index contributed by atoms with van der Waals surface area (Å²) in [7, 11) is 0. The number of carbonyl (C=O) groups is 2. The first-order chi connectivity index (χ1) is 18.0. The van der Waals surface area contributed by atoms with Gasteiger partial charge in [-0.05, 0) is 59.5 Å². The highest BCUT2D eigenvalue weighted by molar-refractivity contribution is 6.37. The number of carboxylic acids is 1.